The fourth-order valence-electron chi connectivity index (χ4n) is 3.53. The van der Waals surface area contributed by atoms with Crippen LogP contribution in [0.5, 0.6) is 0 Å². The first-order valence-corrected chi connectivity index (χ1v) is 7.74. The zero-order valence-corrected chi connectivity index (χ0v) is 13.2. The topological polar surface area (TPSA) is 46.6 Å². The van der Waals surface area contributed by atoms with Crippen molar-refractivity contribution < 1.29 is 14.3 Å². The first kappa shape index (κ1) is 15.3. The van der Waals surface area contributed by atoms with Gasteiger partial charge in [0.1, 0.15) is 11.4 Å². The normalized spacial score (nSPS) is 26.7. The molecule has 2 aliphatic rings. The number of Topliss-reactive ketones (excluding diaryl/α,β-unsaturated/α-hetero) is 1. The molecule has 114 valence electrons. The molecule has 1 heterocycles. The second-order valence-electron chi connectivity index (χ2n) is 7.37. The largest absolute Gasteiger partial charge is 0.444 e. The highest BCUT2D eigenvalue weighted by atomic mass is 16.6. The molecule has 1 unspecified atom stereocenters. The average Bonchev–Trinajstić information content (AvgIpc) is 2.35. The van der Waals surface area contributed by atoms with Crippen LogP contribution in [0, 0.1) is 11.3 Å². The molecule has 1 amide bonds. The number of amides is 1. The second kappa shape index (κ2) is 5.38. The Balaban J connectivity index is 1.95. The Morgan fingerprint density at radius 3 is 2.40 bits per heavy atom. The Labute approximate surface area is 121 Å². The van der Waals surface area contributed by atoms with E-state index >= 15 is 0 Å². The molecule has 20 heavy (non-hydrogen) atoms. The van der Waals surface area contributed by atoms with Crippen molar-refractivity contribution in [3.05, 3.63) is 0 Å². The van der Waals surface area contributed by atoms with Crippen molar-refractivity contribution in [1.29, 1.82) is 0 Å². The molecule has 4 heteroatoms. The van der Waals surface area contributed by atoms with Gasteiger partial charge in [-0.25, -0.2) is 4.79 Å². The Hall–Kier alpha value is -1.06. The Bertz CT molecular complexity index is 389. The van der Waals surface area contributed by atoms with Crippen LogP contribution in [0.3, 0.4) is 0 Å². The fraction of sp³-hybridized carbons (Fsp3) is 0.875. The number of hydrogen-bond donors (Lipinski definition) is 0. The molecule has 0 aromatic carbocycles. The summed E-state index contributed by atoms with van der Waals surface area (Å²) in [6.07, 6.45) is 4.51. The van der Waals surface area contributed by atoms with Gasteiger partial charge in [0.15, 0.2) is 0 Å². The summed E-state index contributed by atoms with van der Waals surface area (Å²) in [6.45, 7) is 9.17. The van der Waals surface area contributed by atoms with Crippen LogP contribution in [0.25, 0.3) is 0 Å². The number of carbonyl (C=O) groups excluding carboxylic acids is 2. The van der Waals surface area contributed by atoms with Crippen LogP contribution in [0.2, 0.25) is 0 Å². The molecule has 2 rings (SSSR count). The lowest BCUT2D eigenvalue weighted by Crippen LogP contribution is -2.49. The predicted molar refractivity (Wildman–Crippen MR) is 77.5 cm³/mol. The zero-order chi connectivity index (χ0) is 15.0. The third-order valence-corrected chi connectivity index (χ3v) is 4.91. The Morgan fingerprint density at radius 1 is 1.25 bits per heavy atom. The molecule has 0 bridgehead atoms. The zero-order valence-electron chi connectivity index (χ0n) is 13.2. The second-order valence-corrected chi connectivity index (χ2v) is 7.37. The first-order chi connectivity index (χ1) is 9.23. The molecule has 1 aliphatic heterocycles. The van der Waals surface area contributed by atoms with Gasteiger partial charge in [-0.2, -0.15) is 0 Å². The van der Waals surface area contributed by atoms with Gasteiger partial charge in [0, 0.05) is 25.4 Å². The summed E-state index contributed by atoms with van der Waals surface area (Å²) in [7, 11) is 0. The molecule has 1 atom stereocenters. The van der Waals surface area contributed by atoms with E-state index in [4.69, 9.17) is 4.74 Å². The van der Waals surface area contributed by atoms with E-state index in [1.165, 1.54) is 0 Å². The molecular formula is C16H27NO3. The number of piperidine rings is 1. The molecule has 2 fully saturated rings. The molecule has 4 nitrogen and oxygen atoms in total. The van der Waals surface area contributed by atoms with Crippen LogP contribution < -0.4 is 0 Å². The van der Waals surface area contributed by atoms with E-state index in [2.05, 4.69) is 6.92 Å². The smallest absolute Gasteiger partial charge is 0.410 e. The van der Waals surface area contributed by atoms with Gasteiger partial charge < -0.3 is 9.64 Å². The summed E-state index contributed by atoms with van der Waals surface area (Å²) in [6, 6.07) is 0. The lowest BCUT2D eigenvalue weighted by Gasteiger charge is -2.47. The monoisotopic (exact) mass is 281 g/mol. The minimum Gasteiger partial charge on any atom is -0.444 e. The van der Waals surface area contributed by atoms with Crippen LogP contribution in [0.1, 0.15) is 59.8 Å². The standard InChI is InChI=1S/C16H27NO3/c1-12-13(18)6-5-7-16(12)8-10-17(11-9-16)14(19)20-15(2,3)4/h12H,5-11H2,1-4H3. The van der Waals surface area contributed by atoms with Crippen LogP contribution >= 0.6 is 0 Å². The highest BCUT2D eigenvalue weighted by molar-refractivity contribution is 5.82. The van der Waals surface area contributed by atoms with Gasteiger partial charge >= 0.3 is 6.09 Å². The summed E-state index contributed by atoms with van der Waals surface area (Å²) in [5, 5.41) is 0. The SMILES string of the molecule is CC1C(=O)CCCC12CCN(C(=O)OC(C)(C)C)CC2. The van der Waals surface area contributed by atoms with E-state index in [0.29, 0.717) is 18.9 Å². The first-order valence-electron chi connectivity index (χ1n) is 7.74. The van der Waals surface area contributed by atoms with Crippen molar-refractivity contribution in [3.8, 4) is 0 Å². The van der Waals surface area contributed by atoms with Gasteiger partial charge in [-0.15, -0.1) is 0 Å². The third-order valence-electron chi connectivity index (χ3n) is 4.91. The third kappa shape index (κ3) is 3.15. The van der Waals surface area contributed by atoms with Gasteiger partial charge in [-0.3, -0.25) is 4.79 Å². The Morgan fingerprint density at radius 2 is 1.85 bits per heavy atom. The molecule has 0 radical (unpaired) electrons. The van der Waals surface area contributed by atoms with Crippen LogP contribution in [-0.4, -0.2) is 35.5 Å². The number of carbonyl (C=O) groups is 2. The fourth-order valence-corrected chi connectivity index (χ4v) is 3.53. The lowest BCUT2D eigenvalue weighted by atomic mass is 9.61. The number of nitrogens with zero attached hydrogens (tertiary/aromatic N) is 1. The van der Waals surface area contributed by atoms with E-state index in [0.717, 1.165) is 32.1 Å². The maximum absolute atomic E-state index is 12.1. The summed E-state index contributed by atoms with van der Waals surface area (Å²) < 4.78 is 5.42. The molecule has 0 N–H and O–H groups in total. The van der Waals surface area contributed by atoms with Gasteiger partial charge in [-0.05, 0) is 51.9 Å². The summed E-state index contributed by atoms with van der Waals surface area (Å²) in [5.41, 5.74) is -0.311. The lowest BCUT2D eigenvalue weighted by molar-refractivity contribution is -0.131. The van der Waals surface area contributed by atoms with Crippen molar-refractivity contribution in [3.63, 3.8) is 0 Å². The van der Waals surface area contributed by atoms with E-state index in [1.807, 2.05) is 20.8 Å². The minimum atomic E-state index is -0.444. The quantitative estimate of drug-likeness (QED) is 0.683. The number of ketones is 1. The van der Waals surface area contributed by atoms with Crippen molar-refractivity contribution >= 4 is 11.9 Å². The predicted octanol–water partition coefficient (Wildman–Crippen LogP) is 3.39. The van der Waals surface area contributed by atoms with Crippen LogP contribution in [-0.2, 0) is 9.53 Å². The maximum atomic E-state index is 12.1. The number of likely N-dealkylation sites (tertiary alicyclic amines) is 1. The Kier molecular flexibility index (Phi) is 4.12. The van der Waals surface area contributed by atoms with Crippen molar-refractivity contribution in [2.24, 2.45) is 11.3 Å². The molecule has 0 aromatic rings. The van der Waals surface area contributed by atoms with Crippen LogP contribution in [0.4, 0.5) is 4.79 Å². The number of ether oxygens (including phenoxy) is 1. The van der Waals surface area contributed by atoms with Gasteiger partial charge in [0.2, 0.25) is 0 Å². The maximum Gasteiger partial charge on any atom is 0.410 e. The van der Waals surface area contributed by atoms with E-state index in [9.17, 15) is 9.59 Å². The van der Waals surface area contributed by atoms with Crippen molar-refractivity contribution in [2.45, 2.75) is 65.4 Å². The van der Waals surface area contributed by atoms with Gasteiger partial charge in [0.05, 0.1) is 0 Å². The van der Waals surface area contributed by atoms with Gasteiger partial charge in [-0.1, -0.05) is 6.92 Å². The molecule has 1 aliphatic carbocycles. The van der Waals surface area contributed by atoms with Crippen molar-refractivity contribution in [1.82, 2.24) is 4.90 Å². The van der Waals surface area contributed by atoms with Crippen molar-refractivity contribution in [2.75, 3.05) is 13.1 Å². The van der Waals surface area contributed by atoms with E-state index < -0.39 is 5.60 Å². The molecule has 1 spiro atoms. The molecule has 0 aromatic heterocycles. The molecular weight excluding hydrogens is 254 g/mol. The van der Waals surface area contributed by atoms with E-state index in [1.54, 1.807) is 4.90 Å². The number of rotatable bonds is 0. The minimum absolute atomic E-state index is 0.133. The van der Waals surface area contributed by atoms with Gasteiger partial charge in [0.25, 0.3) is 0 Å². The highest BCUT2D eigenvalue weighted by Crippen LogP contribution is 2.47. The highest BCUT2D eigenvalue weighted by Gasteiger charge is 2.45. The number of hydrogen-bond acceptors (Lipinski definition) is 3. The van der Waals surface area contributed by atoms with Crippen LogP contribution in [0.15, 0.2) is 0 Å². The van der Waals surface area contributed by atoms with E-state index in [-0.39, 0.29) is 17.4 Å². The molecule has 1 saturated carbocycles. The molecule has 1 saturated heterocycles. The average molecular weight is 281 g/mol. The summed E-state index contributed by atoms with van der Waals surface area (Å²) in [4.78, 5) is 25.8. The summed E-state index contributed by atoms with van der Waals surface area (Å²) >= 11 is 0. The summed E-state index contributed by atoms with van der Waals surface area (Å²) in [5.74, 6) is 0.555.